The van der Waals surface area contributed by atoms with Crippen molar-refractivity contribution in [3.05, 3.63) is 71.3 Å². The van der Waals surface area contributed by atoms with Crippen LogP contribution in [0, 0.1) is 10.8 Å². The van der Waals surface area contributed by atoms with Crippen molar-refractivity contribution >= 4 is 17.2 Å². The molecule has 0 saturated carbocycles. The summed E-state index contributed by atoms with van der Waals surface area (Å²) in [5.74, 6) is -0.0408. The van der Waals surface area contributed by atoms with Crippen LogP contribution in [0.4, 0.5) is 0 Å². The molecule has 108 valence electrons. The van der Waals surface area contributed by atoms with Gasteiger partial charge in [0.25, 0.3) is 0 Å². The quantitative estimate of drug-likeness (QED) is 0.594. The number of carbonyl (C=O) groups excluding carboxylic acids is 1. The van der Waals surface area contributed by atoms with Crippen LogP contribution in [-0.2, 0) is 0 Å². The Kier molecular flexibility index (Phi) is 6.17. The summed E-state index contributed by atoms with van der Waals surface area (Å²) < 4.78 is 0. The molecule has 0 aromatic heterocycles. The zero-order valence-corrected chi connectivity index (χ0v) is 12.2. The van der Waals surface area contributed by atoms with Gasteiger partial charge in [0.2, 0.25) is 0 Å². The largest absolute Gasteiger partial charge is 0.333 e. The van der Waals surface area contributed by atoms with Crippen LogP contribution in [0.1, 0.15) is 28.4 Å². The lowest BCUT2D eigenvalue weighted by Gasteiger charge is -2.07. The molecule has 0 fully saturated rings. The van der Waals surface area contributed by atoms with Gasteiger partial charge in [-0.25, -0.2) is 0 Å². The summed E-state index contributed by atoms with van der Waals surface area (Å²) in [6.07, 6.45) is 0. The first kappa shape index (κ1) is 16.5. The molecule has 4 N–H and O–H groups in total. The van der Waals surface area contributed by atoms with Crippen LogP contribution < -0.4 is 5.73 Å². The normalized spacial score (nSPS) is 9.29. The molecule has 0 atom stereocenters. The van der Waals surface area contributed by atoms with E-state index < -0.39 is 0 Å². The van der Waals surface area contributed by atoms with Gasteiger partial charge in [-0.2, -0.15) is 0 Å². The maximum Gasteiger partial charge on any atom is 0.159 e. The van der Waals surface area contributed by atoms with Crippen molar-refractivity contribution in [1.29, 1.82) is 10.8 Å². The third-order valence-electron chi connectivity index (χ3n) is 2.87. The fraction of sp³-hybridized carbons (Fsp3) is 0.118. The number of carbonyl (C=O) groups is 1. The first-order chi connectivity index (χ1) is 10.1. The molecular formula is C17H19N3O. The average molecular weight is 281 g/mol. The Morgan fingerprint density at radius 3 is 1.86 bits per heavy atom. The molecule has 21 heavy (non-hydrogen) atoms. The number of benzene rings is 2. The lowest BCUT2D eigenvalue weighted by Crippen LogP contribution is -2.15. The Bertz CT molecular complexity index is 648. The fourth-order valence-corrected chi connectivity index (χ4v) is 1.79. The molecule has 0 aliphatic heterocycles. The van der Waals surface area contributed by atoms with E-state index in [0.717, 1.165) is 0 Å². The van der Waals surface area contributed by atoms with Gasteiger partial charge in [-0.3, -0.25) is 15.6 Å². The Hall–Kier alpha value is -2.59. The average Bonchev–Trinajstić information content (AvgIpc) is 2.56. The van der Waals surface area contributed by atoms with Crippen LogP contribution >= 0.6 is 0 Å². The second kappa shape index (κ2) is 7.87. The van der Waals surface area contributed by atoms with Crippen molar-refractivity contribution in [2.45, 2.75) is 6.92 Å². The maximum atomic E-state index is 11.3. The number of nitrogens with one attached hydrogen (secondary N) is 2. The van der Waals surface area contributed by atoms with Crippen molar-refractivity contribution in [1.82, 2.24) is 0 Å². The molecule has 0 spiro atoms. The molecule has 4 heteroatoms. The second-order valence-electron chi connectivity index (χ2n) is 4.25. The summed E-state index contributed by atoms with van der Waals surface area (Å²) in [4.78, 5) is 11.3. The zero-order chi connectivity index (χ0) is 15.8. The topological polar surface area (TPSA) is 90.8 Å². The third kappa shape index (κ3) is 4.19. The molecule has 0 saturated heterocycles. The van der Waals surface area contributed by atoms with Crippen LogP contribution in [0.25, 0.3) is 0 Å². The van der Waals surface area contributed by atoms with E-state index in [0.29, 0.717) is 16.7 Å². The molecule has 0 unspecified atom stereocenters. The van der Waals surface area contributed by atoms with E-state index in [4.69, 9.17) is 10.8 Å². The Balaban J connectivity index is 0.00000106. The molecule has 2 aromatic rings. The molecule has 0 bridgehead atoms. The molecule has 0 amide bonds. The molecule has 0 aliphatic carbocycles. The standard InChI is InChI=1S/C16H14N2O.CH5N/c1-11(19)13-8-5-9-14(10-13)16(18)15(17)12-6-3-2-4-7-12;1-2/h2-10,17-18H,1H3;2H2,1H3. The lowest BCUT2D eigenvalue weighted by molar-refractivity contribution is 0.101. The summed E-state index contributed by atoms with van der Waals surface area (Å²) >= 11 is 0. The van der Waals surface area contributed by atoms with Gasteiger partial charge in [0.1, 0.15) is 0 Å². The van der Waals surface area contributed by atoms with Crippen molar-refractivity contribution in [2.75, 3.05) is 7.05 Å². The van der Waals surface area contributed by atoms with Gasteiger partial charge in [-0.1, -0.05) is 48.5 Å². The lowest BCUT2D eigenvalue weighted by atomic mass is 9.98. The molecule has 0 radical (unpaired) electrons. The van der Waals surface area contributed by atoms with Gasteiger partial charge in [-0.05, 0) is 20.0 Å². The Labute approximate surface area is 124 Å². The number of ketones is 1. The van der Waals surface area contributed by atoms with Gasteiger partial charge in [0.05, 0.1) is 11.4 Å². The van der Waals surface area contributed by atoms with E-state index in [1.165, 1.54) is 14.0 Å². The van der Waals surface area contributed by atoms with Gasteiger partial charge >= 0.3 is 0 Å². The van der Waals surface area contributed by atoms with E-state index in [9.17, 15) is 4.79 Å². The first-order valence-corrected chi connectivity index (χ1v) is 6.51. The summed E-state index contributed by atoms with van der Waals surface area (Å²) in [5.41, 5.74) is 6.61. The molecule has 2 aromatic carbocycles. The van der Waals surface area contributed by atoms with Crippen LogP contribution in [-0.4, -0.2) is 24.3 Å². The van der Waals surface area contributed by atoms with Crippen LogP contribution in [0.3, 0.4) is 0 Å². The number of rotatable bonds is 4. The highest BCUT2D eigenvalue weighted by Gasteiger charge is 2.11. The maximum absolute atomic E-state index is 11.3. The summed E-state index contributed by atoms with van der Waals surface area (Å²) in [5, 5.41) is 16.1. The van der Waals surface area contributed by atoms with E-state index >= 15 is 0 Å². The predicted octanol–water partition coefficient (Wildman–Crippen LogP) is 2.90. The highest BCUT2D eigenvalue weighted by Crippen LogP contribution is 2.10. The van der Waals surface area contributed by atoms with Gasteiger partial charge in [0, 0.05) is 16.7 Å². The summed E-state index contributed by atoms with van der Waals surface area (Å²) in [6.45, 7) is 1.49. The van der Waals surface area contributed by atoms with Crippen molar-refractivity contribution in [3.63, 3.8) is 0 Å². The minimum Gasteiger partial charge on any atom is -0.333 e. The van der Waals surface area contributed by atoms with Gasteiger partial charge in [-0.15, -0.1) is 0 Å². The molecule has 2 rings (SSSR count). The highest BCUT2D eigenvalue weighted by atomic mass is 16.1. The number of Topliss-reactive ketones (excluding diaryl/α,β-unsaturated/α-hetero) is 1. The van der Waals surface area contributed by atoms with Gasteiger partial charge in [0.15, 0.2) is 5.78 Å². The second-order valence-corrected chi connectivity index (χ2v) is 4.25. The predicted molar refractivity (Wildman–Crippen MR) is 86.7 cm³/mol. The van der Waals surface area contributed by atoms with E-state index in [-0.39, 0.29) is 17.2 Å². The summed E-state index contributed by atoms with van der Waals surface area (Å²) in [6, 6.07) is 16.0. The van der Waals surface area contributed by atoms with E-state index in [1.54, 1.807) is 36.4 Å². The number of hydrogen-bond donors (Lipinski definition) is 3. The first-order valence-electron chi connectivity index (χ1n) is 6.51. The molecular weight excluding hydrogens is 262 g/mol. The van der Waals surface area contributed by atoms with Crippen LogP contribution in [0.5, 0.6) is 0 Å². The summed E-state index contributed by atoms with van der Waals surface area (Å²) in [7, 11) is 1.50. The number of nitrogens with two attached hydrogens (primary N) is 1. The zero-order valence-electron chi connectivity index (χ0n) is 12.2. The van der Waals surface area contributed by atoms with Crippen LogP contribution in [0.2, 0.25) is 0 Å². The van der Waals surface area contributed by atoms with Crippen molar-refractivity contribution in [3.8, 4) is 0 Å². The van der Waals surface area contributed by atoms with Crippen molar-refractivity contribution in [2.24, 2.45) is 5.73 Å². The smallest absolute Gasteiger partial charge is 0.159 e. The molecule has 0 aliphatic rings. The highest BCUT2D eigenvalue weighted by molar-refractivity contribution is 6.51. The van der Waals surface area contributed by atoms with Crippen molar-refractivity contribution < 1.29 is 4.79 Å². The molecule has 0 heterocycles. The minimum atomic E-state index is -0.0408. The van der Waals surface area contributed by atoms with Gasteiger partial charge < -0.3 is 5.73 Å². The minimum absolute atomic E-state index is 0.0408. The third-order valence-corrected chi connectivity index (χ3v) is 2.87. The molecule has 4 nitrogen and oxygen atoms in total. The van der Waals surface area contributed by atoms with Crippen LogP contribution in [0.15, 0.2) is 54.6 Å². The number of hydrogen-bond acceptors (Lipinski definition) is 4. The Morgan fingerprint density at radius 2 is 1.29 bits per heavy atom. The fourth-order valence-electron chi connectivity index (χ4n) is 1.79. The monoisotopic (exact) mass is 281 g/mol. The van der Waals surface area contributed by atoms with E-state index in [2.05, 4.69) is 5.73 Å². The SMILES string of the molecule is CC(=O)c1cccc(C(=N)C(=N)c2ccccc2)c1.CN. The van der Waals surface area contributed by atoms with E-state index in [1.807, 2.05) is 18.2 Å². The Morgan fingerprint density at radius 1 is 0.810 bits per heavy atom.